The molecule has 2 fully saturated rings. The Morgan fingerprint density at radius 1 is 1.29 bits per heavy atom. The van der Waals surface area contributed by atoms with Gasteiger partial charge in [-0.3, -0.25) is 14.3 Å². The molecule has 0 aliphatic carbocycles. The average Bonchev–Trinajstić information content (AvgIpc) is 3.16. The zero-order chi connectivity index (χ0) is 17.1. The molecular weight excluding hydrogens is 306 g/mol. The van der Waals surface area contributed by atoms with Crippen LogP contribution in [0, 0.1) is 0 Å². The van der Waals surface area contributed by atoms with E-state index >= 15 is 0 Å². The Morgan fingerprint density at radius 3 is 2.83 bits per heavy atom. The van der Waals surface area contributed by atoms with Gasteiger partial charge in [0.15, 0.2) is 5.82 Å². The van der Waals surface area contributed by atoms with Gasteiger partial charge >= 0.3 is 0 Å². The van der Waals surface area contributed by atoms with E-state index in [9.17, 15) is 9.59 Å². The van der Waals surface area contributed by atoms with Gasteiger partial charge in [0.25, 0.3) is 0 Å². The number of aryl methyl sites for hydroxylation is 1. The lowest BCUT2D eigenvalue weighted by atomic mass is 9.99. The SMILES string of the molecule is CC(=O)N1CCCCC1CC(=O)NC1CCN(c2ccn(C)n2)C1. The Hall–Kier alpha value is -2.05. The maximum atomic E-state index is 12.4. The third-order valence-corrected chi connectivity index (χ3v) is 5.03. The third kappa shape index (κ3) is 3.88. The fourth-order valence-electron chi connectivity index (χ4n) is 3.79. The van der Waals surface area contributed by atoms with Crippen molar-refractivity contribution in [3.8, 4) is 0 Å². The summed E-state index contributed by atoms with van der Waals surface area (Å²) in [5, 5.41) is 7.55. The quantitative estimate of drug-likeness (QED) is 0.889. The average molecular weight is 333 g/mol. The van der Waals surface area contributed by atoms with E-state index in [1.165, 1.54) is 0 Å². The normalized spacial score (nSPS) is 24.2. The zero-order valence-corrected chi connectivity index (χ0v) is 14.6. The molecule has 2 atom stereocenters. The summed E-state index contributed by atoms with van der Waals surface area (Å²) in [6.45, 7) is 4.08. The van der Waals surface area contributed by atoms with E-state index < -0.39 is 0 Å². The molecule has 0 aromatic carbocycles. The van der Waals surface area contributed by atoms with E-state index in [1.54, 1.807) is 11.6 Å². The second-order valence-electron chi connectivity index (χ2n) is 6.91. The third-order valence-electron chi connectivity index (χ3n) is 5.03. The van der Waals surface area contributed by atoms with Gasteiger partial charge in [-0.1, -0.05) is 0 Å². The van der Waals surface area contributed by atoms with Crippen molar-refractivity contribution in [2.45, 2.75) is 51.1 Å². The van der Waals surface area contributed by atoms with Crippen LogP contribution in [-0.4, -0.2) is 58.2 Å². The molecule has 0 saturated carbocycles. The summed E-state index contributed by atoms with van der Waals surface area (Å²) < 4.78 is 1.79. The first-order chi connectivity index (χ1) is 11.5. The molecule has 7 heteroatoms. The minimum absolute atomic E-state index is 0.0565. The fraction of sp³-hybridized carbons (Fsp3) is 0.706. The molecule has 2 amide bonds. The summed E-state index contributed by atoms with van der Waals surface area (Å²) in [5.41, 5.74) is 0. The molecule has 1 aromatic rings. The number of piperidine rings is 1. The van der Waals surface area contributed by atoms with Gasteiger partial charge in [0.1, 0.15) is 0 Å². The van der Waals surface area contributed by atoms with Crippen LogP contribution >= 0.6 is 0 Å². The van der Waals surface area contributed by atoms with E-state index in [1.807, 2.05) is 24.2 Å². The Labute approximate surface area is 143 Å². The van der Waals surface area contributed by atoms with E-state index in [-0.39, 0.29) is 23.9 Å². The van der Waals surface area contributed by atoms with Gasteiger partial charge < -0.3 is 15.1 Å². The van der Waals surface area contributed by atoms with Crippen LogP contribution < -0.4 is 10.2 Å². The summed E-state index contributed by atoms with van der Waals surface area (Å²) in [7, 11) is 1.91. The summed E-state index contributed by atoms with van der Waals surface area (Å²) in [6, 6.07) is 2.22. The molecule has 1 N–H and O–H groups in total. The second-order valence-corrected chi connectivity index (χ2v) is 6.91. The molecule has 3 heterocycles. The predicted molar refractivity (Wildman–Crippen MR) is 91.6 cm³/mol. The van der Waals surface area contributed by atoms with Crippen molar-refractivity contribution in [2.24, 2.45) is 7.05 Å². The monoisotopic (exact) mass is 333 g/mol. The Bertz CT molecular complexity index is 600. The van der Waals surface area contributed by atoms with Crippen LogP contribution in [0.3, 0.4) is 0 Å². The molecule has 7 nitrogen and oxygen atoms in total. The molecular formula is C17H27N5O2. The maximum absolute atomic E-state index is 12.4. The molecule has 0 radical (unpaired) electrons. The van der Waals surface area contributed by atoms with Crippen LogP contribution in [-0.2, 0) is 16.6 Å². The highest BCUT2D eigenvalue weighted by Crippen LogP contribution is 2.21. The van der Waals surface area contributed by atoms with Crippen LogP contribution in [0.1, 0.15) is 39.0 Å². The van der Waals surface area contributed by atoms with E-state index in [0.29, 0.717) is 6.42 Å². The number of nitrogens with zero attached hydrogens (tertiary/aromatic N) is 4. The van der Waals surface area contributed by atoms with Gasteiger partial charge in [0, 0.05) is 64.4 Å². The van der Waals surface area contributed by atoms with Crippen LogP contribution in [0.4, 0.5) is 5.82 Å². The van der Waals surface area contributed by atoms with Gasteiger partial charge in [-0.05, 0) is 25.7 Å². The van der Waals surface area contributed by atoms with E-state index in [0.717, 1.165) is 51.1 Å². The van der Waals surface area contributed by atoms with E-state index in [4.69, 9.17) is 0 Å². The highest BCUT2D eigenvalue weighted by molar-refractivity contribution is 5.79. The summed E-state index contributed by atoms with van der Waals surface area (Å²) in [6.07, 6.45) is 6.35. The topological polar surface area (TPSA) is 70.5 Å². The molecule has 1 aromatic heterocycles. The van der Waals surface area contributed by atoms with Crippen LogP contribution in [0.15, 0.2) is 12.3 Å². The highest BCUT2D eigenvalue weighted by Gasteiger charge is 2.29. The van der Waals surface area contributed by atoms with Crippen molar-refractivity contribution in [2.75, 3.05) is 24.5 Å². The number of hydrogen-bond acceptors (Lipinski definition) is 4. The minimum Gasteiger partial charge on any atom is -0.353 e. The van der Waals surface area contributed by atoms with Crippen molar-refractivity contribution in [3.63, 3.8) is 0 Å². The second kappa shape index (κ2) is 7.23. The van der Waals surface area contributed by atoms with Gasteiger partial charge in [-0.25, -0.2) is 0 Å². The largest absolute Gasteiger partial charge is 0.353 e. The molecule has 0 bridgehead atoms. The number of anilines is 1. The summed E-state index contributed by atoms with van der Waals surface area (Å²) in [5.74, 6) is 1.10. The van der Waals surface area contributed by atoms with Gasteiger partial charge in [-0.2, -0.15) is 5.10 Å². The number of aromatic nitrogens is 2. The van der Waals surface area contributed by atoms with Crippen molar-refractivity contribution < 1.29 is 9.59 Å². The standard InChI is InChI=1S/C17H27N5O2/c1-13(23)22-8-4-3-5-15(22)11-17(24)18-14-6-10-21(12-14)16-7-9-20(2)19-16/h7,9,14-15H,3-6,8,10-12H2,1-2H3,(H,18,24). The fourth-order valence-corrected chi connectivity index (χ4v) is 3.79. The first-order valence-electron chi connectivity index (χ1n) is 8.84. The molecule has 2 saturated heterocycles. The number of carbonyl (C=O) groups excluding carboxylic acids is 2. The molecule has 132 valence electrons. The van der Waals surface area contributed by atoms with Crippen molar-refractivity contribution in [1.82, 2.24) is 20.0 Å². The van der Waals surface area contributed by atoms with Crippen LogP contribution in [0.5, 0.6) is 0 Å². The lowest BCUT2D eigenvalue weighted by molar-refractivity contribution is -0.134. The maximum Gasteiger partial charge on any atom is 0.222 e. The van der Waals surface area contributed by atoms with Crippen LogP contribution in [0.2, 0.25) is 0 Å². The first-order valence-corrected chi connectivity index (χ1v) is 8.84. The number of nitrogens with one attached hydrogen (secondary N) is 1. The molecule has 3 rings (SSSR count). The van der Waals surface area contributed by atoms with Crippen LogP contribution in [0.25, 0.3) is 0 Å². The highest BCUT2D eigenvalue weighted by atomic mass is 16.2. The molecule has 24 heavy (non-hydrogen) atoms. The minimum atomic E-state index is 0.0565. The lowest BCUT2D eigenvalue weighted by Crippen LogP contribution is -2.46. The van der Waals surface area contributed by atoms with Crippen molar-refractivity contribution >= 4 is 17.6 Å². The Morgan fingerprint density at radius 2 is 2.12 bits per heavy atom. The summed E-state index contributed by atoms with van der Waals surface area (Å²) in [4.78, 5) is 28.2. The Kier molecular flexibility index (Phi) is 5.06. The first kappa shape index (κ1) is 16.8. The predicted octanol–water partition coefficient (Wildman–Crippen LogP) is 0.906. The Balaban J connectivity index is 1.49. The van der Waals surface area contributed by atoms with Crippen molar-refractivity contribution in [1.29, 1.82) is 0 Å². The number of hydrogen-bond donors (Lipinski definition) is 1. The summed E-state index contributed by atoms with van der Waals surface area (Å²) >= 11 is 0. The molecule has 2 aliphatic rings. The zero-order valence-electron chi connectivity index (χ0n) is 14.6. The lowest BCUT2D eigenvalue weighted by Gasteiger charge is -2.35. The molecule has 0 spiro atoms. The van der Waals surface area contributed by atoms with Crippen molar-refractivity contribution in [3.05, 3.63) is 12.3 Å². The van der Waals surface area contributed by atoms with Gasteiger partial charge in [0.05, 0.1) is 0 Å². The number of carbonyl (C=O) groups is 2. The van der Waals surface area contributed by atoms with Gasteiger partial charge in [-0.15, -0.1) is 0 Å². The number of likely N-dealkylation sites (tertiary alicyclic amines) is 1. The number of rotatable bonds is 4. The molecule has 2 aliphatic heterocycles. The van der Waals surface area contributed by atoms with Gasteiger partial charge in [0.2, 0.25) is 11.8 Å². The molecule has 2 unspecified atom stereocenters. The smallest absolute Gasteiger partial charge is 0.222 e. The van der Waals surface area contributed by atoms with E-state index in [2.05, 4.69) is 15.3 Å². The number of amides is 2.